The van der Waals surface area contributed by atoms with Crippen LogP contribution >= 0.6 is 0 Å². The molecule has 0 aliphatic carbocycles. The van der Waals surface area contributed by atoms with E-state index in [1.54, 1.807) is 32.1 Å². The summed E-state index contributed by atoms with van der Waals surface area (Å²) in [6.07, 6.45) is 0.470. The van der Waals surface area contributed by atoms with Crippen LogP contribution in [0, 0.1) is 0 Å². The molecule has 0 saturated carbocycles. The lowest BCUT2D eigenvalue weighted by molar-refractivity contribution is 0.0600. The zero-order chi connectivity index (χ0) is 10.6. The van der Waals surface area contributed by atoms with Crippen molar-refractivity contribution in [1.29, 1.82) is 0 Å². The fourth-order valence-corrected chi connectivity index (χ4v) is 1.11. The van der Waals surface area contributed by atoms with E-state index in [1.807, 2.05) is 0 Å². The Morgan fingerprint density at radius 2 is 1.71 bits per heavy atom. The number of hydrogen-bond donors (Lipinski definition) is 0. The van der Waals surface area contributed by atoms with Gasteiger partial charge >= 0.3 is 5.97 Å². The highest BCUT2D eigenvalue weighted by Crippen LogP contribution is 2.07. The molecule has 14 heavy (non-hydrogen) atoms. The molecule has 0 heterocycles. The molecule has 0 spiro atoms. The van der Waals surface area contributed by atoms with Crippen molar-refractivity contribution in [3.8, 4) is 0 Å². The Hall–Kier alpha value is -1.58. The molecular weight excluding hydrogens is 179 g/mol. The van der Waals surface area contributed by atoms with Crippen molar-refractivity contribution >= 4 is 19.6 Å². The van der Waals surface area contributed by atoms with Crippen LogP contribution in [-0.4, -0.2) is 26.7 Å². The Bertz CT molecular complexity index is 308. The number of ether oxygens (including phenoxy) is 1. The highest BCUT2D eigenvalue weighted by atomic mass is 16.5. The molecule has 3 nitrogen and oxygen atoms in total. The molecule has 0 fully saturated rings. The van der Waals surface area contributed by atoms with Crippen molar-refractivity contribution in [2.24, 2.45) is 0 Å². The molecule has 1 rings (SSSR count). The van der Waals surface area contributed by atoms with E-state index in [1.165, 1.54) is 7.11 Å². The van der Waals surface area contributed by atoms with Gasteiger partial charge in [0.1, 0.15) is 7.85 Å². The van der Waals surface area contributed by atoms with Crippen LogP contribution in [0.2, 0.25) is 6.32 Å². The molecule has 0 saturated heterocycles. The molecule has 4 heteroatoms. The molecule has 0 N–H and O–H groups in total. The van der Waals surface area contributed by atoms with Gasteiger partial charge in [-0.25, -0.2) is 4.79 Å². The van der Waals surface area contributed by atoms with E-state index in [0.717, 1.165) is 0 Å². The fraction of sp³-hybridized carbons (Fsp3) is 0.200. The van der Waals surface area contributed by atoms with Gasteiger partial charge in [0.2, 0.25) is 0 Å². The van der Waals surface area contributed by atoms with Crippen LogP contribution in [0.5, 0.6) is 0 Å². The second-order valence-electron chi connectivity index (χ2n) is 2.85. The van der Waals surface area contributed by atoms with Crippen LogP contribution in [0.15, 0.2) is 24.3 Å². The van der Waals surface area contributed by atoms with Gasteiger partial charge in [-0.3, -0.25) is 4.79 Å². The monoisotopic (exact) mass is 190 g/mol. The van der Waals surface area contributed by atoms with E-state index in [0.29, 0.717) is 17.4 Å². The van der Waals surface area contributed by atoms with E-state index in [9.17, 15) is 9.59 Å². The van der Waals surface area contributed by atoms with Gasteiger partial charge in [0.15, 0.2) is 5.78 Å². The number of hydrogen-bond acceptors (Lipinski definition) is 3. The summed E-state index contributed by atoms with van der Waals surface area (Å²) in [5, 5.41) is 0. The van der Waals surface area contributed by atoms with Gasteiger partial charge in [-0.05, 0) is 18.5 Å². The first-order chi connectivity index (χ1) is 6.69. The minimum absolute atomic E-state index is 0.0708. The molecule has 0 unspecified atom stereocenters. The maximum atomic E-state index is 11.2. The number of methoxy groups -OCH3 is 1. The molecule has 0 amide bonds. The van der Waals surface area contributed by atoms with Crippen LogP contribution in [0.25, 0.3) is 0 Å². The maximum absolute atomic E-state index is 11.2. The number of carbonyl (C=O) groups is 2. The predicted molar refractivity (Wildman–Crippen MR) is 55.5 cm³/mol. The molecule has 0 aromatic heterocycles. The van der Waals surface area contributed by atoms with Gasteiger partial charge in [0, 0.05) is 5.56 Å². The van der Waals surface area contributed by atoms with E-state index >= 15 is 0 Å². The average Bonchev–Trinajstić information content (AvgIpc) is 2.27. The molecule has 0 aliphatic heterocycles. The normalized spacial score (nSPS) is 9.50. The average molecular weight is 190 g/mol. The highest BCUT2D eigenvalue weighted by Gasteiger charge is 2.06. The van der Waals surface area contributed by atoms with Crippen LogP contribution < -0.4 is 0 Å². The largest absolute Gasteiger partial charge is 0.465 e. The zero-order valence-corrected chi connectivity index (χ0v) is 8.24. The number of rotatable bonds is 3. The van der Waals surface area contributed by atoms with Gasteiger partial charge in [-0.1, -0.05) is 12.1 Å². The van der Waals surface area contributed by atoms with Gasteiger partial charge in [-0.2, -0.15) is 0 Å². The van der Waals surface area contributed by atoms with Gasteiger partial charge in [-0.15, -0.1) is 0 Å². The molecule has 72 valence electrons. The van der Waals surface area contributed by atoms with Crippen molar-refractivity contribution < 1.29 is 14.3 Å². The summed E-state index contributed by atoms with van der Waals surface area (Å²) in [5.41, 5.74) is 1.08. The summed E-state index contributed by atoms with van der Waals surface area (Å²) >= 11 is 0. The first kappa shape index (κ1) is 10.5. The maximum Gasteiger partial charge on any atom is 0.337 e. The molecule has 0 radical (unpaired) electrons. The topological polar surface area (TPSA) is 43.4 Å². The van der Waals surface area contributed by atoms with E-state index in [4.69, 9.17) is 0 Å². The third kappa shape index (κ3) is 2.22. The first-order valence-electron chi connectivity index (χ1n) is 4.40. The highest BCUT2D eigenvalue weighted by molar-refractivity contribution is 6.24. The Labute approximate surface area is 83.5 Å². The third-order valence-corrected chi connectivity index (χ3v) is 1.95. The smallest absolute Gasteiger partial charge is 0.337 e. The van der Waals surface area contributed by atoms with Gasteiger partial charge in [0.05, 0.1) is 12.7 Å². The number of carbonyl (C=O) groups excluding carboxylic acids is 2. The quantitative estimate of drug-likeness (QED) is 0.400. The Morgan fingerprint density at radius 1 is 1.21 bits per heavy atom. The second-order valence-corrected chi connectivity index (χ2v) is 2.85. The molecule has 1 aromatic carbocycles. The third-order valence-electron chi connectivity index (χ3n) is 1.95. The van der Waals surface area contributed by atoms with Crippen LogP contribution in [0.1, 0.15) is 20.7 Å². The summed E-state index contributed by atoms with van der Waals surface area (Å²) in [6, 6.07) is 6.46. The summed E-state index contributed by atoms with van der Waals surface area (Å²) in [4.78, 5) is 22.3. The molecule has 0 aliphatic rings. The van der Waals surface area contributed by atoms with Crippen molar-refractivity contribution in [2.45, 2.75) is 6.32 Å². The number of ketones is 1. The number of Topliss-reactive ketones (excluding diaryl/α,β-unsaturated/α-hetero) is 1. The lowest BCUT2D eigenvalue weighted by Crippen LogP contribution is -2.02. The molecular formula is C10H11BO3. The van der Waals surface area contributed by atoms with E-state index in [2.05, 4.69) is 4.74 Å². The lowest BCUT2D eigenvalue weighted by Gasteiger charge is -2.00. The summed E-state index contributed by atoms with van der Waals surface area (Å²) in [6.45, 7) is 0. The predicted octanol–water partition coefficient (Wildman–Crippen LogP) is 0.707. The molecule has 0 atom stereocenters. The Balaban J connectivity index is 2.89. The second kappa shape index (κ2) is 4.60. The fourth-order valence-electron chi connectivity index (χ4n) is 1.11. The summed E-state index contributed by atoms with van der Waals surface area (Å²) < 4.78 is 4.54. The van der Waals surface area contributed by atoms with Crippen molar-refractivity contribution in [3.63, 3.8) is 0 Å². The zero-order valence-electron chi connectivity index (χ0n) is 8.24. The lowest BCUT2D eigenvalue weighted by atomic mass is 9.95. The van der Waals surface area contributed by atoms with E-state index in [-0.39, 0.29) is 11.8 Å². The van der Waals surface area contributed by atoms with Crippen LogP contribution in [-0.2, 0) is 4.74 Å². The van der Waals surface area contributed by atoms with Gasteiger partial charge in [0.25, 0.3) is 0 Å². The van der Waals surface area contributed by atoms with Gasteiger partial charge < -0.3 is 4.74 Å². The van der Waals surface area contributed by atoms with Crippen LogP contribution in [0.3, 0.4) is 0 Å². The molecule has 1 aromatic rings. The standard InChI is InChI=1S/C10H11BO3/c1-14-10(13)8-4-2-7(3-5-8)9(12)6-11/h2-5H,6,11H2,1H3. The molecule has 0 bridgehead atoms. The minimum atomic E-state index is -0.388. The summed E-state index contributed by atoms with van der Waals surface area (Å²) in [5.74, 6) is -0.318. The Morgan fingerprint density at radius 3 is 2.14 bits per heavy atom. The van der Waals surface area contributed by atoms with Crippen molar-refractivity contribution in [3.05, 3.63) is 35.4 Å². The number of benzene rings is 1. The SMILES string of the molecule is BCC(=O)c1ccc(C(=O)OC)cc1. The van der Waals surface area contributed by atoms with Crippen LogP contribution in [0.4, 0.5) is 0 Å². The number of esters is 1. The van der Waals surface area contributed by atoms with E-state index < -0.39 is 0 Å². The first-order valence-corrected chi connectivity index (χ1v) is 4.40. The van der Waals surface area contributed by atoms with Crippen molar-refractivity contribution in [1.82, 2.24) is 0 Å². The van der Waals surface area contributed by atoms with Crippen molar-refractivity contribution in [2.75, 3.05) is 7.11 Å². The minimum Gasteiger partial charge on any atom is -0.465 e. The summed E-state index contributed by atoms with van der Waals surface area (Å²) in [7, 11) is 3.13. The Kier molecular flexibility index (Phi) is 3.45.